The van der Waals surface area contributed by atoms with Crippen LogP contribution in [0.3, 0.4) is 0 Å². The minimum absolute atomic E-state index is 0.211. The van der Waals surface area contributed by atoms with Crippen LogP contribution in [0.5, 0.6) is 5.88 Å². The number of carbonyl (C=O) groups excluding carboxylic acids is 1. The number of rotatable bonds is 4. The Morgan fingerprint density at radius 2 is 2.11 bits per heavy atom. The lowest BCUT2D eigenvalue weighted by atomic mass is 10.2. The van der Waals surface area contributed by atoms with Gasteiger partial charge in [-0.25, -0.2) is 18.9 Å². The number of fused-ring (bicyclic) bond motifs is 1. The van der Waals surface area contributed by atoms with Crippen LogP contribution in [0.2, 0.25) is 0 Å². The third kappa shape index (κ3) is 3.10. The van der Waals surface area contributed by atoms with Crippen LogP contribution < -0.4 is 10.1 Å². The summed E-state index contributed by atoms with van der Waals surface area (Å²) in [5.74, 6) is 0.656. The Kier molecular flexibility index (Phi) is 4.03. The molecule has 1 amide bonds. The molecule has 4 rings (SSSR count). The summed E-state index contributed by atoms with van der Waals surface area (Å²) in [6, 6.07) is 8.44. The van der Waals surface area contributed by atoms with E-state index in [0.29, 0.717) is 34.4 Å². The average molecular weight is 366 g/mol. The molecular formula is C18H15FN6O2. The second-order valence-corrected chi connectivity index (χ2v) is 5.77. The largest absolute Gasteiger partial charge is 0.481 e. The number of ether oxygens (including phenoxy) is 1. The number of pyridine rings is 1. The van der Waals surface area contributed by atoms with Crippen LogP contribution in [0.1, 0.15) is 6.92 Å². The molecule has 4 aromatic rings. The maximum Gasteiger partial charge on any atom is 0.222 e. The van der Waals surface area contributed by atoms with Gasteiger partial charge in [0.25, 0.3) is 0 Å². The molecule has 0 aliphatic carbocycles. The fourth-order valence-corrected chi connectivity index (χ4v) is 2.82. The molecule has 1 N–H and O–H groups in total. The zero-order valence-electron chi connectivity index (χ0n) is 14.5. The third-order valence-corrected chi connectivity index (χ3v) is 3.90. The van der Waals surface area contributed by atoms with Crippen molar-refractivity contribution in [1.82, 2.24) is 24.1 Å². The van der Waals surface area contributed by atoms with Gasteiger partial charge in [-0.3, -0.25) is 4.79 Å². The van der Waals surface area contributed by atoms with Gasteiger partial charge in [0.2, 0.25) is 11.8 Å². The summed E-state index contributed by atoms with van der Waals surface area (Å²) in [6.45, 7) is 1.41. The van der Waals surface area contributed by atoms with Crippen LogP contribution in [-0.4, -0.2) is 37.2 Å². The van der Waals surface area contributed by atoms with Crippen molar-refractivity contribution in [2.75, 3.05) is 12.4 Å². The van der Waals surface area contributed by atoms with Gasteiger partial charge in [0.15, 0.2) is 11.5 Å². The first-order chi connectivity index (χ1) is 13.0. The number of hydrogen-bond acceptors (Lipinski definition) is 5. The number of nitrogens with zero attached hydrogens (tertiary/aromatic N) is 5. The minimum Gasteiger partial charge on any atom is -0.481 e. The van der Waals surface area contributed by atoms with Crippen molar-refractivity contribution >= 4 is 17.4 Å². The highest BCUT2D eigenvalue weighted by Crippen LogP contribution is 2.30. The number of anilines is 1. The van der Waals surface area contributed by atoms with Crippen LogP contribution >= 0.6 is 0 Å². The molecule has 8 nitrogen and oxygen atoms in total. The summed E-state index contributed by atoms with van der Waals surface area (Å²) in [4.78, 5) is 19.7. The van der Waals surface area contributed by atoms with Crippen LogP contribution in [-0.2, 0) is 4.79 Å². The van der Waals surface area contributed by atoms with Crippen LogP contribution in [0, 0.1) is 5.82 Å². The molecule has 0 aliphatic rings. The molecule has 0 saturated heterocycles. The highest BCUT2D eigenvalue weighted by atomic mass is 19.1. The number of aromatic nitrogens is 5. The van der Waals surface area contributed by atoms with Crippen LogP contribution in [0.25, 0.3) is 22.7 Å². The van der Waals surface area contributed by atoms with E-state index in [-0.39, 0.29) is 5.91 Å². The van der Waals surface area contributed by atoms with E-state index >= 15 is 0 Å². The van der Waals surface area contributed by atoms with E-state index in [4.69, 9.17) is 4.74 Å². The Morgan fingerprint density at radius 3 is 2.89 bits per heavy atom. The summed E-state index contributed by atoms with van der Waals surface area (Å²) in [6.07, 6.45) is 4.65. The highest BCUT2D eigenvalue weighted by molar-refractivity contribution is 5.88. The standard InChI is InChI=1S/C18H15FN6O2/c1-11(26)21-15-9-17-22-16(5-7-25(17)23-15)24-6-3-4-14(24)13-8-12(19)10-20-18(13)27-2/h3-10H,1-2H3,(H,21,23,26). The normalized spacial score (nSPS) is 10.9. The molecule has 4 heterocycles. The summed E-state index contributed by atoms with van der Waals surface area (Å²) < 4.78 is 22.3. The first-order valence-electron chi connectivity index (χ1n) is 8.07. The molecule has 4 aromatic heterocycles. The van der Waals surface area contributed by atoms with Gasteiger partial charge < -0.3 is 14.6 Å². The quantitative estimate of drug-likeness (QED) is 0.600. The third-order valence-electron chi connectivity index (χ3n) is 3.90. The molecule has 27 heavy (non-hydrogen) atoms. The van der Waals surface area contributed by atoms with E-state index in [1.54, 1.807) is 27.4 Å². The smallest absolute Gasteiger partial charge is 0.222 e. The first-order valence-corrected chi connectivity index (χ1v) is 8.07. The average Bonchev–Trinajstić information content (AvgIpc) is 3.26. The lowest BCUT2D eigenvalue weighted by molar-refractivity contribution is -0.114. The predicted molar refractivity (Wildman–Crippen MR) is 96.4 cm³/mol. The van der Waals surface area contributed by atoms with Gasteiger partial charge in [-0.2, -0.15) is 0 Å². The Balaban J connectivity index is 1.80. The maximum absolute atomic E-state index is 13.7. The summed E-state index contributed by atoms with van der Waals surface area (Å²) in [7, 11) is 1.48. The Labute approximate surface area is 153 Å². The van der Waals surface area contributed by atoms with E-state index in [1.807, 2.05) is 18.3 Å². The molecule has 0 unspecified atom stereocenters. The molecular weight excluding hydrogens is 351 g/mol. The van der Waals surface area contributed by atoms with Crippen molar-refractivity contribution < 1.29 is 13.9 Å². The number of nitrogens with one attached hydrogen (secondary N) is 1. The van der Waals surface area contributed by atoms with Gasteiger partial charge in [-0.1, -0.05) is 0 Å². The zero-order chi connectivity index (χ0) is 19.0. The lowest BCUT2D eigenvalue weighted by Crippen LogP contribution is -2.06. The molecule has 9 heteroatoms. The summed E-state index contributed by atoms with van der Waals surface area (Å²) >= 11 is 0. The van der Waals surface area contributed by atoms with E-state index in [0.717, 1.165) is 6.20 Å². The molecule has 0 bridgehead atoms. The molecule has 0 radical (unpaired) electrons. The second kappa shape index (κ2) is 6.52. The van der Waals surface area contributed by atoms with E-state index < -0.39 is 5.82 Å². The van der Waals surface area contributed by atoms with E-state index in [9.17, 15) is 9.18 Å². The van der Waals surface area contributed by atoms with Gasteiger partial charge in [0.1, 0.15) is 11.6 Å². The fourth-order valence-electron chi connectivity index (χ4n) is 2.82. The minimum atomic E-state index is -0.460. The number of halogens is 1. The topological polar surface area (TPSA) is 86.3 Å². The molecule has 0 atom stereocenters. The van der Waals surface area contributed by atoms with Crippen molar-refractivity contribution in [3.8, 4) is 23.0 Å². The second-order valence-electron chi connectivity index (χ2n) is 5.77. The number of methoxy groups -OCH3 is 1. The van der Waals surface area contributed by atoms with Crippen LogP contribution in [0.15, 0.2) is 48.9 Å². The van der Waals surface area contributed by atoms with Crippen molar-refractivity contribution in [3.05, 3.63) is 54.7 Å². The zero-order valence-corrected chi connectivity index (χ0v) is 14.5. The fraction of sp³-hybridized carbons (Fsp3) is 0.111. The molecule has 0 aliphatic heterocycles. The van der Waals surface area contributed by atoms with Gasteiger partial charge in [-0.15, -0.1) is 5.10 Å². The molecule has 0 saturated carbocycles. The Hall–Kier alpha value is -3.75. The van der Waals surface area contributed by atoms with Gasteiger partial charge in [-0.05, 0) is 24.3 Å². The predicted octanol–water partition coefficient (Wildman–Crippen LogP) is 2.69. The Morgan fingerprint density at radius 1 is 1.26 bits per heavy atom. The van der Waals surface area contributed by atoms with Crippen molar-refractivity contribution in [2.24, 2.45) is 0 Å². The molecule has 0 aromatic carbocycles. The summed E-state index contributed by atoms with van der Waals surface area (Å²) in [5.41, 5.74) is 1.74. The number of amides is 1. The molecule has 0 spiro atoms. The number of carbonyl (C=O) groups is 1. The van der Waals surface area contributed by atoms with Crippen molar-refractivity contribution in [3.63, 3.8) is 0 Å². The van der Waals surface area contributed by atoms with Gasteiger partial charge in [0, 0.05) is 25.4 Å². The Bertz CT molecular complexity index is 1150. The summed E-state index contributed by atoms with van der Waals surface area (Å²) in [5, 5.41) is 6.85. The SMILES string of the molecule is COc1ncc(F)cc1-c1cccn1-c1ccn2nc(NC(C)=O)cc2n1. The van der Waals surface area contributed by atoms with Crippen molar-refractivity contribution in [1.29, 1.82) is 0 Å². The highest BCUT2D eigenvalue weighted by Gasteiger charge is 2.15. The maximum atomic E-state index is 13.7. The van der Waals surface area contributed by atoms with Crippen molar-refractivity contribution in [2.45, 2.75) is 6.92 Å². The van der Waals surface area contributed by atoms with Crippen LogP contribution in [0.4, 0.5) is 10.2 Å². The molecule has 0 fully saturated rings. The van der Waals surface area contributed by atoms with E-state index in [2.05, 4.69) is 20.4 Å². The first kappa shape index (κ1) is 16.7. The van der Waals surface area contributed by atoms with E-state index in [1.165, 1.54) is 20.1 Å². The van der Waals surface area contributed by atoms with Gasteiger partial charge in [0.05, 0.1) is 24.6 Å². The number of hydrogen-bond donors (Lipinski definition) is 1. The molecule has 136 valence electrons. The monoisotopic (exact) mass is 366 g/mol. The lowest BCUT2D eigenvalue weighted by Gasteiger charge is -2.11. The van der Waals surface area contributed by atoms with Gasteiger partial charge >= 0.3 is 0 Å².